The lowest BCUT2D eigenvalue weighted by Gasteiger charge is -2.08. The van der Waals surface area contributed by atoms with Crippen LogP contribution >= 0.6 is 0 Å². The molecule has 0 saturated carbocycles. The lowest BCUT2D eigenvalue weighted by molar-refractivity contribution is 0.268. The summed E-state index contributed by atoms with van der Waals surface area (Å²) in [7, 11) is 0. The Kier molecular flexibility index (Phi) is 3.72. The molecule has 0 aliphatic carbocycles. The van der Waals surface area contributed by atoms with E-state index in [1.54, 1.807) is 0 Å². The normalized spacial score (nSPS) is 10.0. The standard InChI is InChI=1S/C10H5F5O/c1-2-3-4-16-10-8(14)6(12)5(11)7(13)9(10)15/h1H,3-4H2. The minimum absolute atomic E-state index is 0.0144. The third-order valence-electron chi connectivity index (χ3n) is 1.66. The fourth-order valence-electron chi connectivity index (χ4n) is 0.924. The third kappa shape index (κ3) is 2.08. The average molecular weight is 236 g/mol. The van der Waals surface area contributed by atoms with Gasteiger partial charge in [-0.2, -0.15) is 8.78 Å². The summed E-state index contributed by atoms with van der Waals surface area (Å²) < 4.78 is 68.1. The lowest BCUT2D eigenvalue weighted by atomic mass is 10.2. The quantitative estimate of drug-likeness (QED) is 0.258. The van der Waals surface area contributed by atoms with E-state index in [0.29, 0.717) is 0 Å². The van der Waals surface area contributed by atoms with Crippen molar-refractivity contribution in [3.05, 3.63) is 29.1 Å². The van der Waals surface area contributed by atoms with Crippen molar-refractivity contribution in [2.45, 2.75) is 6.42 Å². The van der Waals surface area contributed by atoms with Gasteiger partial charge in [0.15, 0.2) is 5.75 Å². The Morgan fingerprint density at radius 2 is 1.31 bits per heavy atom. The van der Waals surface area contributed by atoms with Crippen LogP contribution in [0.2, 0.25) is 0 Å². The van der Waals surface area contributed by atoms with Crippen LogP contribution in [0.4, 0.5) is 22.0 Å². The van der Waals surface area contributed by atoms with E-state index in [1.165, 1.54) is 0 Å². The lowest BCUT2D eigenvalue weighted by Crippen LogP contribution is -2.07. The van der Waals surface area contributed by atoms with Crippen LogP contribution < -0.4 is 4.74 Å². The highest BCUT2D eigenvalue weighted by Gasteiger charge is 2.26. The third-order valence-corrected chi connectivity index (χ3v) is 1.66. The van der Waals surface area contributed by atoms with Gasteiger partial charge in [0.1, 0.15) is 0 Å². The fourth-order valence-corrected chi connectivity index (χ4v) is 0.924. The molecule has 0 heterocycles. The van der Waals surface area contributed by atoms with Crippen molar-refractivity contribution >= 4 is 0 Å². The number of rotatable bonds is 3. The molecule has 1 aromatic carbocycles. The largest absolute Gasteiger partial charge is 0.486 e. The van der Waals surface area contributed by atoms with Crippen molar-refractivity contribution in [1.29, 1.82) is 0 Å². The van der Waals surface area contributed by atoms with Gasteiger partial charge in [-0.1, -0.05) is 0 Å². The minimum Gasteiger partial charge on any atom is -0.486 e. The summed E-state index contributed by atoms with van der Waals surface area (Å²) in [5.41, 5.74) is 0. The van der Waals surface area contributed by atoms with Crippen LogP contribution in [0.25, 0.3) is 0 Å². The van der Waals surface area contributed by atoms with E-state index in [2.05, 4.69) is 10.7 Å². The van der Waals surface area contributed by atoms with Crippen molar-refractivity contribution in [2.24, 2.45) is 0 Å². The molecule has 0 N–H and O–H groups in total. The summed E-state index contributed by atoms with van der Waals surface area (Å²) in [6.45, 7) is -0.338. The zero-order chi connectivity index (χ0) is 12.3. The molecule has 0 spiro atoms. The fraction of sp³-hybridized carbons (Fsp3) is 0.200. The second-order valence-electron chi connectivity index (χ2n) is 2.70. The summed E-state index contributed by atoms with van der Waals surface area (Å²) >= 11 is 0. The first-order valence-electron chi connectivity index (χ1n) is 4.08. The molecule has 1 aromatic rings. The molecule has 0 amide bonds. The molecule has 1 rings (SSSR count). The highest BCUT2D eigenvalue weighted by Crippen LogP contribution is 2.28. The van der Waals surface area contributed by atoms with Gasteiger partial charge in [0.25, 0.3) is 0 Å². The van der Waals surface area contributed by atoms with Crippen molar-refractivity contribution in [1.82, 2.24) is 0 Å². The molecule has 6 heteroatoms. The van der Waals surface area contributed by atoms with Crippen LogP contribution in [0.5, 0.6) is 5.75 Å². The van der Waals surface area contributed by atoms with Gasteiger partial charge >= 0.3 is 0 Å². The molecule has 16 heavy (non-hydrogen) atoms. The van der Waals surface area contributed by atoms with Crippen LogP contribution in [-0.2, 0) is 0 Å². The summed E-state index contributed by atoms with van der Waals surface area (Å²) in [4.78, 5) is 0. The van der Waals surface area contributed by atoms with E-state index in [9.17, 15) is 22.0 Å². The van der Waals surface area contributed by atoms with E-state index in [1.807, 2.05) is 0 Å². The van der Waals surface area contributed by atoms with Crippen LogP contribution in [0, 0.1) is 41.4 Å². The maximum atomic E-state index is 12.9. The van der Waals surface area contributed by atoms with Gasteiger partial charge in [-0.05, 0) is 0 Å². The Hall–Kier alpha value is -1.77. The topological polar surface area (TPSA) is 9.23 Å². The zero-order valence-electron chi connectivity index (χ0n) is 7.79. The van der Waals surface area contributed by atoms with E-state index >= 15 is 0 Å². The molecule has 0 fully saturated rings. The smallest absolute Gasteiger partial charge is 0.206 e. The molecule has 0 aliphatic heterocycles. The Morgan fingerprint density at radius 1 is 0.875 bits per heavy atom. The monoisotopic (exact) mass is 236 g/mol. The van der Waals surface area contributed by atoms with Crippen molar-refractivity contribution < 1.29 is 26.7 Å². The van der Waals surface area contributed by atoms with Crippen LogP contribution in [0.3, 0.4) is 0 Å². The number of benzene rings is 1. The molecule has 0 aromatic heterocycles. The molecule has 1 nitrogen and oxygen atoms in total. The molecule has 0 aliphatic rings. The van der Waals surface area contributed by atoms with Crippen LogP contribution in [-0.4, -0.2) is 6.61 Å². The van der Waals surface area contributed by atoms with Gasteiger partial charge in [0, 0.05) is 6.42 Å². The maximum absolute atomic E-state index is 12.9. The first-order valence-corrected chi connectivity index (χ1v) is 4.08. The predicted octanol–water partition coefficient (Wildman–Crippen LogP) is 2.78. The number of terminal acetylenes is 1. The van der Waals surface area contributed by atoms with Gasteiger partial charge in [0.05, 0.1) is 6.61 Å². The molecule has 0 saturated heterocycles. The number of hydrogen-bond donors (Lipinski definition) is 0. The first kappa shape index (κ1) is 12.3. The molecular weight excluding hydrogens is 231 g/mol. The predicted molar refractivity (Wildman–Crippen MR) is 45.2 cm³/mol. The maximum Gasteiger partial charge on any atom is 0.206 e. The first-order chi connectivity index (χ1) is 7.50. The van der Waals surface area contributed by atoms with Crippen LogP contribution in [0.1, 0.15) is 6.42 Å². The van der Waals surface area contributed by atoms with E-state index in [0.717, 1.165) is 0 Å². The van der Waals surface area contributed by atoms with E-state index < -0.39 is 34.8 Å². The number of ether oxygens (including phenoxy) is 1. The van der Waals surface area contributed by atoms with Crippen LogP contribution in [0.15, 0.2) is 0 Å². The highest BCUT2D eigenvalue weighted by molar-refractivity contribution is 5.29. The van der Waals surface area contributed by atoms with E-state index in [-0.39, 0.29) is 13.0 Å². The van der Waals surface area contributed by atoms with Gasteiger partial charge in [-0.15, -0.1) is 12.3 Å². The molecular formula is C10H5F5O. The summed E-state index contributed by atoms with van der Waals surface area (Å²) in [6.07, 6.45) is 4.81. The summed E-state index contributed by atoms with van der Waals surface area (Å²) in [5.74, 6) is -9.56. The van der Waals surface area contributed by atoms with E-state index in [4.69, 9.17) is 6.42 Å². The van der Waals surface area contributed by atoms with Gasteiger partial charge < -0.3 is 4.74 Å². The molecule has 0 atom stereocenters. The number of halogens is 5. The van der Waals surface area contributed by atoms with Gasteiger partial charge in [-0.25, -0.2) is 13.2 Å². The minimum atomic E-state index is -2.22. The molecule has 0 radical (unpaired) electrons. The van der Waals surface area contributed by atoms with Gasteiger partial charge in [0.2, 0.25) is 29.1 Å². The Bertz CT molecular complexity index is 420. The summed E-state index contributed by atoms with van der Waals surface area (Å²) in [5, 5.41) is 0. The molecule has 0 bridgehead atoms. The van der Waals surface area contributed by atoms with Crippen molar-refractivity contribution in [3.63, 3.8) is 0 Å². The van der Waals surface area contributed by atoms with Gasteiger partial charge in [-0.3, -0.25) is 0 Å². The zero-order valence-corrected chi connectivity index (χ0v) is 7.79. The number of hydrogen-bond acceptors (Lipinski definition) is 1. The molecule has 0 unspecified atom stereocenters. The Balaban J connectivity index is 3.14. The SMILES string of the molecule is C#CCCOc1c(F)c(F)c(F)c(F)c1F. The average Bonchev–Trinajstić information content (AvgIpc) is 2.28. The second kappa shape index (κ2) is 4.84. The Labute approximate surface area is 87.8 Å². The molecule has 86 valence electrons. The second-order valence-corrected chi connectivity index (χ2v) is 2.70. The Morgan fingerprint density at radius 3 is 1.75 bits per heavy atom. The van der Waals surface area contributed by atoms with Crippen molar-refractivity contribution in [3.8, 4) is 18.1 Å². The van der Waals surface area contributed by atoms with Crippen molar-refractivity contribution in [2.75, 3.05) is 6.61 Å². The highest BCUT2D eigenvalue weighted by atomic mass is 19.2. The summed E-state index contributed by atoms with van der Waals surface area (Å²) in [6, 6.07) is 0.